The molecule has 1 aromatic heterocycles. The number of anilines is 1. The molecule has 24 heavy (non-hydrogen) atoms. The summed E-state index contributed by atoms with van der Waals surface area (Å²) in [6.45, 7) is 2.16. The number of hydrogen-bond donors (Lipinski definition) is 2. The first-order valence-corrected chi connectivity index (χ1v) is 8.23. The third kappa shape index (κ3) is 4.31. The first kappa shape index (κ1) is 16.4. The number of nitrogens with zero attached hydrogens (tertiary/aromatic N) is 3. The van der Waals surface area contributed by atoms with Crippen molar-refractivity contribution >= 4 is 11.7 Å². The number of rotatable bonds is 4. The van der Waals surface area contributed by atoms with Crippen LogP contribution in [0.5, 0.6) is 0 Å². The Labute approximate surface area is 142 Å². The average Bonchev–Trinajstić information content (AvgIpc) is 2.63. The number of hydrogen-bond acceptors (Lipinski definition) is 4. The van der Waals surface area contributed by atoms with Gasteiger partial charge in [-0.2, -0.15) is 0 Å². The Morgan fingerprint density at radius 3 is 2.50 bits per heavy atom. The van der Waals surface area contributed by atoms with Gasteiger partial charge in [0.1, 0.15) is 0 Å². The molecule has 3 rings (SSSR count). The molecule has 6 nitrogen and oxygen atoms in total. The van der Waals surface area contributed by atoms with Crippen LogP contribution >= 0.6 is 0 Å². The number of carbonyl (C=O) groups is 1. The van der Waals surface area contributed by atoms with Gasteiger partial charge in [-0.25, -0.2) is 9.80 Å². The van der Waals surface area contributed by atoms with Gasteiger partial charge in [-0.15, -0.1) is 0 Å². The molecule has 1 aromatic carbocycles. The average molecular weight is 325 g/mol. The van der Waals surface area contributed by atoms with Crippen molar-refractivity contribution < 1.29 is 4.79 Å². The molecule has 3 N–H and O–H groups in total. The molecule has 0 unspecified atom stereocenters. The van der Waals surface area contributed by atoms with Crippen LogP contribution in [-0.4, -0.2) is 40.1 Å². The fourth-order valence-corrected chi connectivity index (χ4v) is 2.96. The van der Waals surface area contributed by atoms with Crippen molar-refractivity contribution in [2.24, 2.45) is 5.84 Å². The summed E-state index contributed by atoms with van der Waals surface area (Å²) in [5, 5.41) is 4.79. The highest BCUT2D eigenvalue weighted by Crippen LogP contribution is 2.17. The van der Waals surface area contributed by atoms with Crippen LogP contribution in [0, 0.1) is 0 Å². The molecule has 0 saturated carbocycles. The second-order valence-electron chi connectivity index (χ2n) is 6.04. The minimum absolute atomic E-state index is 0.0636. The van der Waals surface area contributed by atoms with Crippen molar-refractivity contribution in [2.45, 2.75) is 25.4 Å². The van der Waals surface area contributed by atoms with Crippen LogP contribution in [0.1, 0.15) is 18.4 Å². The predicted molar refractivity (Wildman–Crippen MR) is 94.0 cm³/mol. The van der Waals surface area contributed by atoms with Crippen molar-refractivity contribution in [1.82, 2.24) is 14.9 Å². The first-order valence-electron chi connectivity index (χ1n) is 8.23. The Kier molecular flexibility index (Phi) is 5.40. The number of pyridine rings is 1. The topological polar surface area (TPSA) is 74.5 Å². The molecule has 2 heterocycles. The van der Waals surface area contributed by atoms with Gasteiger partial charge in [0.25, 0.3) is 0 Å². The molecular formula is C18H23N5O. The van der Waals surface area contributed by atoms with Gasteiger partial charge in [0, 0.05) is 43.8 Å². The third-order valence-electron chi connectivity index (χ3n) is 4.36. The molecule has 2 amide bonds. The summed E-state index contributed by atoms with van der Waals surface area (Å²) in [6.07, 6.45) is 5.09. The van der Waals surface area contributed by atoms with E-state index >= 15 is 0 Å². The first-order chi connectivity index (χ1) is 11.7. The Hall–Kier alpha value is -2.44. The lowest BCUT2D eigenvalue weighted by Crippen LogP contribution is -2.49. The van der Waals surface area contributed by atoms with E-state index in [0.717, 1.165) is 25.1 Å². The minimum Gasteiger partial charge on any atom is -0.324 e. The number of nitrogens with one attached hydrogen (secondary N) is 1. The van der Waals surface area contributed by atoms with Gasteiger partial charge in [-0.05, 0) is 30.5 Å². The maximum Gasteiger partial charge on any atom is 0.321 e. The number of benzene rings is 1. The molecule has 0 aliphatic carbocycles. The Balaban J connectivity index is 1.47. The van der Waals surface area contributed by atoms with Crippen LogP contribution in [0.2, 0.25) is 0 Å². The number of piperidine rings is 1. The molecule has 0 radical (unpaired) electrons. The van der Waals surface area contributed by atoms with Crippen LogP contribution in [0.15, 0.2) is 54.9 Å². The summed E-state index contributed by atoms with van der Waals surface area (Å²) >= 11 is 0. The summed E-state index contributed by atoms with van der Waals surface area (Å²) < 4.78 is 0. The van der Waals surface area contributed by atoms with Crippen molar-refractivity contribution in [3.05, 3.63) is 60.4 Å². The summed E-state index contributed by atoms with van der Waals surface area (Å²) in [5.41, 5.74) is 1.97. The standard InChI is InChI=1S/C18H23N5O/c19-23(14-15-4-2-1-3-5-15)17-8-12-22(13-9-17)18(24)21-16-6-10-20-11-7-16/h1-7,10-11,17H,8-9,12-14,19H2,(H,20,21,24). The Bertz CT molecular complexity index is 641. The van der Waals surface area contributed by atoms with Crippen LogP contribution in [0.4, 0.5) is 10.5 Å². The molecule has 1 aliphatic rings. The van der Waals surface area contributed by atoms with Gasteiger partial charge in [0.2, 0.25) is 0 Å². The van der Waals surface area contributed by atoms with Gasteiger partial charge in [-0.1, -0.05) is 30.3 Å². The van der Waals surface area contributed by atoms with Gasteiger partial charge in [0.15, 0.2) is 0 Å². The van der Waals surface area contributed by atoms with E-state index in [9.17, 15) is 4.79 Å². The zero-order chi connectivity index (χ0) is 16.8. The molecule has 1 aliphatic heterocycles. The molecular weight excluding hydrogens is 302 g/mol. The second kappa shape index (κ2) is 7.90. The highest BCUT2D eigenvalue weighted by atomic mass is 16.2. The number of aromatic nitrogens is 1. The highest BCUT2D eigenvalue weighted by Gasteiger charge is 2.25. The Morgan fingerprint density at radius 1 is 1.17 bits per heavy atom. The van der Waals surface area contributed by atoms with E-state index in [0.29, 0.717) is 19.1 Å². The van der Waals surface area contributed by atoms with Crippen molar-refractivity contribution in [3.63, 3.8) is 0 Å². The highest BCUT2D eigenvalue weighted by molar-refractivity contribution is 5.89. The van der Waals surface area contributed by atoms with E-state index in [1.165, 1.54) is 5.56 Å². The number of hydrazine groups is 1. The van der Waals surface area contributed by atoms with Crippen molar-refractivity contribution in [1.29, 1.82) is 0 Å². The van der Waals surface area contributed by atoms with Crippen LogP contribution in [0.3, 0.4) is 0 Å². The van der Waals surface area contributed by atoms with Crippen molar-refractivity contribution in [2.75, 3.05) is 18.4 Å². The maximum atomic E-state index is 12.3. The largest absolute Gasteiger partial charge is 0.324 e. The molecule has 2 aromatic rings. The lowest BCUT2D eigenvalue weighted by Gasteiger charge is -2.36. The van der Waals surface area contributed by atoms with Crippen molar-refractivity contribution in [3.8, 4) is 0 Å². The summed E-state index contributed by atoms with van der Waals surface area (Å²) in [5.74, 6) is 6.23. The molecule has 1 fully saturated rings. The van der Waals surface area contributed by atoms with Gasteiger partial charge in [-0.3, -0.25) is 10.8 Å². The van der Waals surface area contributed by atoms with Crippen LogP contribution < -0.4 is 11.2 Å². The Morgan fingerprint density at radius 2 is 1.83 bits per heavy atom. The normalized spacial score (nSPS) is 15.5. The van der Waals surface area contributed by atoms with Crippen LogP contribution in [0.25, 0.3) is 0 Å². The zero-order valence-electron chi connectivity index (χ0n) is 13.6. The molecule has 6 heteroatoms. The summed E-state index contributed by atoms with van der Waals surface area (Å²) in [7, 11) is 0. The number of likely N-dealkylation sites (tertiary alicyclic amines) is 1. The predicted octanol–water partition coefficient (Wildman–Crippen LogP) is 2.45. The number of carbonyl (C=O) groups excluding carboxylic acids is 1. The van der Waals surface area contributed by atoms with E-state index in [-0.39, 0.29) is 6.03 Å². The van der Waals surface area contributed by atoms with Gasteiger partial charge in [0.05, 0.1) is 0 Å². The third-order valence-corrected chi connectivity index (χ3v) is 4.36. The molecule has 126 valence electrons. The fourth-order valence-electron chi connectivity index (χ4n) is 2.96. The zero-order valence-corrected chi connectivity index (χ0v) is 13.6. The molecule has 0 bridgehead atoms. The van der Waals surface area contributed by atoms with Gasteiger partial charge >= 0.3 is 6.03 Å². The second-order valence-corrected chi connectivity index (χ2v) is 6.04. The van der Waals surface area contributed by atoms with E-state index in [4.69, 9.17) is 5.84 Å². The van der Waals surface area contributed by atoms with Crippen LogP contribution in [-0.2, 0) is 6.54 Å². The van der Waals surface area contributed by atoms with E-state index < -0.39 is 0 Å². The van der Waals surface area contributed by atoms with Gasteiger partial charge < -0.3 is 10.2 Å². The lowest BCUT2D eigenvalue weighted by molar-refractivity contribution is 0.116. The molecule has 0 spiro atoms. The lowest BCUT2D eigenvalue weighted by atomic mass is 10.0. The summed E-state index contributed by atoms with van der Waals surface area (Å²) in [6, 6.07) is 14.0. The SMILES string of the molecule is NN(Cc1ccccc1)C1CCN(C(=O)Nc2ccncc2)CC1. The number of urea groups is 1. The molecule has 0 atom stereocenters. The monoisotopic (exact) mass is 325 g/mol. The fraction of sp³-hybridized carbons (Fsp3) is 0.333. The quantitative estimate of drug-likeness (QED) is 0.669. The molecule has 1 saturated heterocycles. The van der Waals surface area contributed by atoms with E-state index in [2.05, 4.69) is 22.4 Å². The number of nitrogens with two attached hydrogens (primary N) is 1. The van der Waals surface area contributed by atoms with E-state index in [1.807, 2.05) is 28.1 Å². The number of amides is 2. The maximum absolute atomic E-state index is 12.3. The smallest absolute Gasteiger partial charge is 0.321 e. The van der Waals surface area contributed by atoms with E-state index in [1.54, 1.807) is 24.5 Å². The summed E-state index contributed by atoms with van der Waals surface area (Å²) in [4.78, 5) is 18.1. The minimum atomic E-state index is -0.0636.